The zero-order valence-corrected chi connectivity index (χ0v) is 7.03. The van der Waals surface area contributed by atoms with Crippen LogP contribution in [0.25, 0.3) is 0 Å². The second-order valence-corrected chi connectivity index (χ2v) is 2.74. The third-order valence-electron chi connectivity index (χ3n) is 1.73. The first kappa shape index (κ1) is 9.54. The molecule has 0 radical (unpaired) electrons. The van der Waals surface area contributed by atoms with E-state index in [1.165, 1.54) is 6.07 Å². The van der Waals surface area contributed by atoms with E-state index in [4.69, 9.17) is 10.8 Å². The topological polar surface area (TPSA) is 83.6 Å². The Morgan fingerprint density at radius 3 is 2.62 bits per heavy atom. The molecule has 0 fully saturated rings. The molecule has 70 valence electrons. The number of phenols is 1. The number of nitrogens with two attached hydrogens (primary N) is 1. The fraction of sp³-hybridized carbons (Fsp3) is 0.222. The quantitative estimate of drug-likeness (QED) is 0.633. The van der Waals surface area contributed by atoms with Crippen LogP contribution >= 0.6 is 0 Å². The lowest BCUT2D eigenvalue weighted by atomic mass is 10.1. The highest BCUT2D eigenvalue weighted by Crippen LogP contribution is 2.18. The predicted octanol–water partition coefficient (Wildman–Crippen LogP) is 0.478. The number of rotatable bonds is 3. The summed E-state index contributed by atoms with van der Waals surface area (Å²) in [5.74, 6) is -0.971. The van der Waals surface area contributed by atoms with Crippen LogP contribution in [0, 0.1) is 0 Å². The van der Waals surface area contributed by atoms with Crippen molar-refractivity contribution in [2.45, 2.75) is 13.0 Å². The van der Waals surface area contributed by atoms with E-state index in [1.54, 1.807) is 12.1 Å². The van der Waals surface area contributed by atoms with Crippen LogP contribution < -0.4 is 5.73 Å². The monoisotopic (exact) mass is 181 g/mol. The van der Waals surface area contributed by atoms with Crippen LogP contribution in [-0.4, -0.2) is 16.2 Å². The van der Waals surface area contributed by atoms with Gasteiger partial charge < -0.3 is 15.9 Å². The van der Waals surface area contributed by atoms with E-state index in [2.05, 4.69) is 0 Å². The summed E-state index contributed by atoms with van der Waals surface area (Å²) in [6.07, 6.45) is -0.170. The number of carboxylic acids is 1. The molecule has 4 nitrogen and oxygen atoms in total. The van der Waals surface area contributed by atoms with Crippen molar-refractivity contribution in [1.82, 2.24) is 0 Å². The molecule has 1 aromatic rings. The average Bonchev–Trinajstić information content (AvgIpc) is 2.08. The third kappa shape index (κ3) is 2.45. The molecule has 0 saturated carbocycles. The Morgan fingerprint density at radius 2 is 2.15 bits per heavy atom. The molecule has 13 heavy (non-hydrogen) atoms. The van der Waals surface area contributed by atoms with Gasteiger partial charge in [-0.05, 0) is 11.6 Å². The van der Waals surface area contributed by atoms with Crippen LogP contribution in [0.5, 0.6) is 5.75 Å². The van der Waals surface area contributed by atoms with E-state index in [1.807, 2.05) is 0 Å². The van der Waals surface area contributed by atoms with Crippen molar-refractivity contribution in [3.8, 4) is 5.75 Å². The van der Waals surface area contributed by atoms with E-state index in [-0.39, 0.29) is 12.2 Å². The molecule has 0 aliphatic carbocycles. The summed E-state index contributed by atoms with van der Waals surface area (Å²) < 4.78 is 0. The molecule has 0 saturated heterocycles. The third-order valence-corrected chi connectivity index (χ3v) is 1.73. The molecule has 0 bridgehead atoms. The van der Waals surface area contributed by atoms with Gasteiger partial charge >= 0.3 is 5.97 Å². The Hall–Kier alpha value is -1.55. The Kier molecular flexibility index (Phi) is 2.87. The number of phenolic OH excluding ortho intramolecular Hbond substituents is 1. The Labute approximate surface area is 75.6 Å². The van der Waals surface area contributed by atoms with Crippen LogP contribution in [0.3, 0.4) is 0 Å². The van der Waals surface area contributed by atoms with Gasteiger partial charge in [-0.25, -0.2) is 0 Å². The van der Waals surface area contributed by atoms with Crippen molar-refractivity contribution in [1.29, 1.82) is 0 Å². The van der Waals surface area contributed by atoms with Gasteiger partial charge in [0.2, 0.25) is 0 Å². The van der Waals surface area contributed by atoms with Crippen LogP contribution in [-0.2, 0) is 17.8 Å². The number of hydrogen-bond acceptors (Lipinski definition) is 3. The maximum absolute atomic E-state index is 10.3. The number of hydrogen-bond donors (Lipinski definition) is 3. The van der Waals surface area contributed by atoms with Gasteiger partial charge in [0.15, 0.2) is 0 Å². The zero-order chi connectivity index (χ0) is 9.84. The van der Waals surface area contributed by atoms with Gasteiger partial charge in [0.25, 0.3) is 0 Å². The van der Waals surface area contributed by atoms with E-state index in [9.17, 15) is 9.90 Å². The van der Waals surface area contributed by atoms with Gasteiger partial charge in [-0.3, -0.25) is 4.79 Å². The summed E-state index contributed by atoms with van der Waals surface area (Å²) in [4.78, 5) is 10.3. The minimum atomic E-state index is -0.962. The minimum Gasteiger partial charge on any atom is -0.508 e. The lowest BCUT2D eigenvalue weighted by Crippen LogP contribution is -2.01. The molecule has 0 aromatic heterocycles. The molecule has 0 aliphatic rings. The van der Waals surface area contributed by atoms with E-state index in [0.717, 1.165) is 5.56 Å². The van der Waals surface area contributed by atoms with Crippen LogP contribution in [0.2, 0.25) is 0 Å². The fourth-order valence-electron chi connectivity index (χ4n) is 1.05. The number of carbonyl (C=O) groups is 1. The van der Waals surface area contributed by atoms with Crippen LogP contribution in [0.1, 0.15) is 11.1 Å². The van der Waals surface area contributed by atoms with Gasteiger partial charge in [-0.2, -0.15) is 0 Å². The first-order valence-electron chi connectivity index (χ1n) is 3.86. The maximum Gasteiger partial charge on any atom is 0.307 e. The van der Waals surface area contributed by atoms with E-state index < -0.39 is 5.97 Å². The van der Waals surface area contributed by atoms with Crippen LogP contribution in [0.4, 0.5) is 0 Å². The molecule has 1 rings (SSSR count). The summed E-state index contributed by atoms with van der Waals surface area (Å²) in [5.41, 5.74) is 6.53. The summed E-state index contributed by atoms with van der Waals surface area (Å²) in [6.45, 7) is 0.334. The Balaban J connectivity index is 2.91. The van der Waals surface area contributed by atoms with Crippen molar-refractivity contribution in [3.05, 3.63) is 29.3 Å². The SMILES string of the molecule is NCc1ccc(CC(=O)O)c(O)c1. The smallest absolute Gasteiger partial charge is 0.307 e. The molecular weight excluding hydrogens is 170 g/mol. The van der Waals surface area contributed by atoms with Gasteiger partial charge in [0.1, 0.15) is 5.75 Å². The predicted molar refractivity (Wildman–Crippen MR) is 47.3 cm³/mol. The molecule has 4 N–H and O–H groups in total. The number of aromatic hydroxyl groups is 1. The maximum atomic E-state index is 10.3. The van der Waals surface area contributed by atoms with Crippen molar-refractivity contribution in [3.63, 3.8) is 0 Å². The second kappa shape index (κ2) is 3.91. The van der Waals surface area contributed by atoms with Crippen molar-refractivity contribution >= 4 is 5.97 Å². The molecule has 0 spiro atoms. The van der Waals surface area contributed by atoms with Crippen molar-refractivity contribution < 1.29 is 15.0 Å². The number of benzene rings is 1. The van der Waals surface area contributed by atoms with Crippen molar-refractivity contribution in [2.75, 3.05) is 0 Å². The highest BCUT2D eigenvalue weighted by Gasteiger charge is 2.05. The molecule has 1 aromatic carbocycles. The number of aliphatic carboxylic acids is 1. The van der Waals surface area contributed by atoms with Gasteiger partial charge in [-0.15, -0.1) is 0 Å². The van der Waals surface area contributed by atoms with Gasteiger partial charge in [-0.1, -0.05) is 12.1 Å². The molecule has 0 heterocycles. The first-order chi connectivity index (χ1) is 6.13. The fourth-order valence-corrected chi connectivity index (χ4v) is 1.05. The lowest BCUT2D eigenvalue weighted by molar-refractivity contribution is -0.136. The largest absolute Gasteiger partial charge is 0.508 e. The Morgan fingerprint density at radius 1 is 1.46 bits per heavy atom. The molecule has 0 atom stereocenters. The standard InChI is InChI=1S/C9H11NO3/c10-5-6-1-2-7(4-9(12)13)8(11)3-6/h1-3,11H,4-5,10H2,(H,12,13). The van der Waals surface area contributed by atoms with Crippen LogP contribution in [0.15, 0.2) is 18.2 Å². The molecule has 0 aliphatic heterocycles. The highest BCUT2D eigenvalue weighted by molar-refractivity contribution is 5.71. The van der Waals surface area contributed by atoms with Gasteiger partial charge in [0.05, 0.1) is 6.42 Å². The average molecular weight is 181 g/mol. The van der Waals surface area contributed by atoms with Gasteiger partial charge in [0, 0.05) is 12.1 Å². The zero-order valence-electron chi connectivity index (χ0n) is 7.03. The summed E-state index contributed by atoms with van der Waals surface area (Å²) in [7, 11) is 0. The normalized spacial score (nSPS) is 9.92. The van der Waals surface area contributed by atoms with E-state index in [0.29, 0.717) is 12.1 Å². The Bertz CT molecular complexity index is 323. The molecule has 4 heteroatoms. The highest BCUT2D eigenvalue weighted by atomic mass is 16.4. The lowest BCUT2D eigenvalue weighted by Gasteiger charge is -2.03. The summed E-state index contributed by atoms with van der Waals surface area (Å²) in [6, 6.07) is 4.77. The summed E-state index contributed by atoms with van der Waals surface area (Å²) >= 11 is 0. The minimum absolute atomic E-state index is 0.00894. The molecule has 0 amide bonds. The molecular formula is C9H11NO3. The van der Waals surface area contributed by atoms with Crippen molar-refractivity contribution in [2.24, 2.45) is 5.73 Å². The van der Waals surface area contributed by atoms with E-state index >= 15 is 0 Å². The number of carboxylic acid groups (broad SMARTS) is 1. The molecule has 0 unspecified atom stereocenters. The first-order valence-corrected chi connectivity index (χ1v) is 3.86. The second-order valence-electron chi connectivity index (χ2n) is 2.74. The summed E-state index contributed by atoms with van der Waals surface area (Å²) in [5, 5.41) is 17.8.